The first kappa shape index (κ1) is 12.8. The van der Waals surface area contributed by atoms with Crippen LogP contribution in [-0.4, -0.2) is 31.3 Å². The minimum atomic E-state index is -3.17. The smallest absolute Gasteiger partial charge is 0.273 e. The third-order valence-corrected chi connectivity index (χ3v) is 3.93. The Morgan fingerprint density at radius 3 is 3.00 bits per heavy atom. The Morgan fingerprint density at radius 1 is 1.61 bits per heavy atom. The maximum atomic E-state index is 11.8. The normalized spacial score (nSPS) is 21.1. The number of carbonyl (C=O) groups excluding carboxylic acids is 1. The van der Waals surface area contributed by atoms with Crippen LogP contribution in [0.15, 0.2) is 22.1 Å². The zero-order chi connectivity index (χ0) is 13.2. The maximum Gasteiger partial charge on any atom is 0.273 e. The van der Waals surface area contributed by atoms with E-state index in [2.05, 4.69) is 10.5 Å². The molecule has 1 aromatic heterocycles. The zero-order valence-electron chi connectivity index (χ0n) is 9.92. The lowest BCUT2D eigenvalue weighted by Crippen LogP contribution is -2.35. The molecule has 2 heterocycles. The van der Waals surface area contributed by atoms with E-state index in [0.717, 1.165) is 18.2 Å². The fraction of sp³-hybridized carbons (Fsp3) is 0.455. The van der Waals surface area contributed by atoms with Crippen LogP contribution < -0.4 is 5.32 Å². The van der Waals surface area contributed by atoms with Crippen LogP contribution in [0.5, 0.6) is 0 Å². The third kappa shape index (κ3) is 2.98. The summed E-state index contributed by atoms with van der Waals surface area (Å²) in [7, 11) is -3.17. The Labute approximate surface area is 105 Å². The van der Waals surface area contributed by atoms with Crippen molar-refractivity contribution >= 4 is 15.7 Å². The number of hydrogen-bond donors (Lipinski definition) is 1. The molecule has 18 heavy (non-hydrogen) atoms. The molecule has 0 radical (unpaired) electrons. The van der Waals surface area contributed by atoms with E-state index in [1.54, 1.807) is 6.07 Å². The monoisotopic (exact) mass is 270 g/mol. The Hall–Kier alpha value is -1.63. The van der Waals surface area contributed by atoms with E-state index in [1.807, 2.05) is 6.92 Å². The highest BCUT2D eigenvalue weighted by atomic mass is 32.2. The summed E-state index contributed by atoms with van der Waals surface area (Å²) in [5, 5.41) is 7.35. The zero-order valence-corrected chi connectivity index (χ0v) is 10.7. The summed E-state index contributed by atoms with van der Waals surface area (Å²) in [6.07, 6.45) is 3.08. The highest BCUT2D eigenvalue weighted by molar-refractivity contribution is 7.94. The molecule has 0 aromatic carbocycles. The fourth-order valence-corrected chi connectivity index (χ4v) is 2.93. The number of rotatable bonds is 4. The Morgan fingerprint density at radius 2 is 2.39 bits per heavy atom. The van der Waals surface area contributed by atoms with Crippen LogP contribution in [0.25, 0.3) is 0 Å². The molecule has 7 heteroatoms. The van der Waals surface area contributed by atoms with E-state index < -0.39 is 21.8 Å². The number of aromatic nitrogens is 1. The van der Waals surface area contributed by atoms with Crippen LogP contribution in [-0.2, 0) is 16.3 Å². The van der Waals surface area contributed by atoms with Crippen molar-refractivity contribution in [2.24, 2.45) is 0 Å². The summed E-state index contributed by atoms with van der Waals surface area (Å²) >= 11 is 0. The molecule has 98 valence electrons. The minimum Gasteiger partial charge on any atom is -0.361 e. The number of sulfone groups is 1. The van der Waals surface area contributed by atoms with Crippen molar-refractivity contribution < 1.29 is 17.7 Å². The lowest BCUT2D eigenvalue weighted by molar-refractivity contribution is 0.0938. The van der Waals surface area contributed by atoms with Gasteiger partial charge in [0.2, 0.25) is 0 Å². The van der Waals surface area contributed by atoms with Gasteiger partial charge in [-0.1, -0.05) is 12.1 Å². The van der Waals surface area contributed by atoms with Gasteiger partial charge in [0.15, 0.2) is 15.5 Å². The SMILES string of the molecule is CCCc1cc(C(=O)NC2C=CS(=O)(=O)C2)no1. The Kier molecular flexibility index (Phi) is 3.51. The van der Waals surface area contributed by atoms with Gasteiger partial charge in [0, 0.05) is 17.9 Å². The van der Waals surface area contributed by atoms with Crippen LogP contribution in [0.4, 0.5) is 0 Å². The summed E-state index contributed by atoms with van der Waals surface area (Å²) in [5.74, 6) is 0.128. The van der Waals surface area contributed by atoms with Crippen LogP contribution >= 0.6 is 0 Å². The molecular weight excluding hydrogens is 256 g/mol. The first-order valence-corrected chi connectivity index (χ1v) is 7.39. The Bertz CT molecular complexity index is 574. The molecule has 1 aliphatic heterocycles. The van der Waals surface area contributed by atoms with E-state index >= 15 is 0 Å². The van der Waals surface area contributed by atoms with Gasteiger partial charge in [-0.2, -0.15) is 0 Å². The number of hydrogen-bond acceptors (Lipinski definition) is 5. The van der Waals surface area contributed by atoms with Crippen molar-refractivity contribution in [3.63, 3.8) is 0 Å². The van der Waals surface area contributed by atoms with E-state index in [9.17, 15) is 13.2 Å². The molecule has 6 nitrogen and oxygen atoms in total. The van der Waals surface area contributed by atoms with Crippen LogP contribution in [0.1, 0.15) is 29.6 Å². The number of carbonyl (C=O) groups is 1. The van der Waals surface area contributed by atoms with Crippen molar-refractivity contribution in [2.75, 3.05) is 5.75 Å². The molecule has 1 atom stereocenters. The quantitative estimate of drug-likeness (QED) is 0.868. The first-order chi connectivity index (χ1) is 8.50. The Balaban J connectivity index is 1.98. The molecule has 1 aromatic rings. The van der Waals surface area contributed by atoms with Gasteiger partial charge in [-0.15, -0.1) is 0 Å². The summed E-state index contributed by atoms with van der Waals surface area (Å²) in [6.45, 7) is 2.00. The lowest BCUT2D eigenvalue weighted by atomic mass is 10.2. The van der Waals surface area contributed by atoms with E-state index in [4.69, 9.17) is 4.52 Å². The number of nitrogens with one attached hydrogen (secondary N) is 1. The van der Waals surface area contributed by atoms with Gasteiger partial charge in [-0.05, 0) is 12.5 Å². The second-order valence-electron chi connectivity index (χ2n) is 4.17. The van der Waals surface area contributed by atoms with Crippen molar-refractivity contribution in [3.05, 3.63) is 29.0 Å². The van der Waals surface area contributed by atoms with E-state index in [1.165, 1.54) is 6.08 Å². The second kappa shape index (κ2) is 4.93. The van der Waals surface area contributed by atoms with Gasteiger partial charge in [0.25, 0.3) is 5.91 Å². The number of nitrogens with zero attached hydrogens (tertiary/aromatic N) is 1. The molecule has 0 spiro atoms. The second-order valence-corrected chi connectivity index (χ2v) is 6.10. The van der Waals surface area contributed by atoms with Crippen molar-refractivity contribution in [1.82, 2.24) is 10.5 Å². The molecule has 0 fully saturated rings. The largest absolute Gasteiger partial charge is 0.361 e. The molecule has 0 bridgehead atoms. The average Bonchev–Trinajstić information content (AvgIpc) is 2.86. The van der Waals surface area contributed by atoms with Gasteiger partial charge in [0.1, 0.15) is 5.76 Å². The molecule has 0 saturated heterocycles. The average molecular weight is 270 g/mol. The van der Waals surface area contributed by atoms with Gasteiger partial charge in [-0.25, -0.2) is 8.42 Å². The van der Waals surface area contributed by atoms with Crippen molar-refractivity contribution in [1.29, 1.82) is 0 Å². The highest BCUT2D eigenvalue weighted by Gasteiger charge is 2.24. The molecule has 1 unspecified atom stereocenters. The molecule has 2 rings (SSSR count). The topological polar surface area (TPSA) is 89.3 Å². The van der Waals surface area contributed by atoms with Gasteiger partial charge < -0.3 is 9.84 Å². The molecule has 0 aliphatic carbocycles. The minimum absolute atomic E-state index is 0.0988. The molecule has 1 N–H and O–H groups in total. The molecule has 0 saturated carbocycles. The summed E-state index contributed by atoms with van der Waals surface area (Å²) < 4.78 is 27.3. The van der Waals surface area contributed by atoms with Gasteiger partial charge >= 0.3 is 0 Å². The van der Waals surface area contributed by atoms with Crippen molar-refractivity contribution in [3.8, 4) is 0 Å². The maximum absolute atomic E-state index is 11.8. The molecular formula is C11H14N2O4S. The highest BCUT2D eigenvalue weighted by Crippen LogP contribution is 2.10. The van der Waals surface area contributed by atoms with Gasteiger partial charge in [-0.3, -0.25) is 4.79 Å². The summed E-state index contributed by atoms with van der Waals surface area (Å²) in [6, 6.07) is 1.08. The lowest BCUT2D eigenvalue weighted by Gasteiger charge is -2.07. The number of amides is 1. The first-order valence-electron chi connectivity index (χ1n) is 5.67. The molecule has 1 aliphatic rings. The van der Waals surface area contributed by atoms with Crippen LogP contribution in [0.3, 0.4) is 0 Å². The van der Waals surface area contributed by atoms with E-state index in [0.29, 0.717) is 5.76 Å². The predicted molar refractivity (Wildman–Crippen MR) is 64.7 cm³/mol. The standard InChI is InChI=1S/C11H14N2O4S/c1-2-3-9-6-10(13-17-9)11(14)12-8-4-5-18(15,16)7-8/h4-6,8H,2-3,7H2,1H3,(H,12,14). The summed E-state index contributed by atoms with van der Waals surface area (Å²) in [5.41, 5.74) is 0.177. The molecule has 1 amide bonds. The van der Waals surface area contributed by atoms with Crippen LogP contribution in [0.2, 0.25) is 0 Å². The number of aryl methyl sites for hydroxylation is 1. The van der Waals surface area contributed by atoms with E-state index in [-0.39, 0.29) is 11.4 Å². The summed E-state index contributed by atoms with van der Waals surface area (Å²) in [4.78, 5) is 11.8. The fourth-order valence-electron chi connectivity index (χ4n) is 1.69. The third-order valence-electron chi connectivity index (χ3n) is 2.53. The predicted octanol–water partition coefficient (Wildman–Crippen LogP) is 0.668. The van der Waals surface area contributed by atoms with Gasteiger partial charge in [0.05, 0.1) is 11.8 Å². The van der Waals surface area contributed by atoms with Crippen LogP contribution in [0, 0.1) is 0 Å². The van der Waals surface area contributed by atoms with Crippen molar-refractivity contribution in [2.45, 2.75) is 25.8 Å².